The van der Waals surface area contributed by atoms with Crippen molar-refractivity contribution in [2.24, 2.45) is 7.05 Å². The van der Waals surface area contributed by atoms with Crippen molar-refractivity contribution < 1.29 is 13.6 Å². The van der Waals surface area contributed by atoms with Crippen LogP contribution >= 0.6 is 22.9 Å². The SMILES string of the molecule is Cn1c(=O)c2cc(C(=O)Nc3ccc(F)cc3F)sc2c2ccc(Cl)cc21. The minimum atomic E-state index is -0.875. The maximum Gasteiger partial charge on any atom is 0.265 e. The topological polar surface area (TPSA) is 51.1 Å². The predicted molar refractivity (Wildman–Crippen MR) is 104 cm³/mol. The molecule has 0 fully saturated rings. The summed E-state index contributed by atoms with van der Waals surface area (Å²) in [4.78, 5) is 25.4. The van der Waals surface area contributed by atoms with Gasteiger partial charge in [-0.25, -0.2) is 8.78 Å². The number of rotatable bonds is 2. The fourth-order valence-electron chi connectivity index (χ4n) is 2.90. The Morgan fingerprint density at radius 1 is 1.11 bits per heavy atom. The van der Waals surface area contributed by atoms with Gasteiger partial charge in [-0.2, -0.15) is 0 Å². The van der Waals surface area contributed by atoms with Gasteiger partial charge >= 0.3 is 0 Å². The standard InChI is InChI=1S/C19H11ClF2N2O2S/c1-24-15-6-9(20)2-4-11(15)17-12(19(24)26)8-16(27-17)18(25)23-14-5-3-10(21)7-13(14)22/h2-8H,1H3,(H,23,25). The lowest BCUT2D eigenvalue weighted by atomic mass is 10.1. The summed E-state index contributed by atoms with van der Waals surface area (Å²) in [6, 6.07) is 9.55. The van der Waals surface area contributed by atoms with Gasteiger partial charge in [-0.05, 0) is 36.4 Å². The molecule has 1 amide bonds. The summed E-state index contributed by atoms with van der Waals surface area (Å²) in [6.45, 7) is 0. The molecule has 2 aromatic heterocycles. The van der Waals surface area contributed by atoms with Crippen LogP contribution in [0.2, 0.25) is 5.02 Å². The van der Waals surface area contributed by atoms with Crippen LogP contribution in [-0.4, -0.2) is 10.5 Å². The highest BCUT2D eigenvalue weighted by Crippen LogP contribution is 2.32. The van der Waals surface area contributed by atoms with Gasteiger partial charge in [0.05, 0.1) is 21.5 Å². The Labute approximate surface area is 160 Å². The van der Waals surface area contributed by atoms with E-state index in [1.807, 2.05) is 0 Å². The molecule has 0 radical (unpaired) electrons. The summed E-state index contributed by atoms with van der Waals surface area (Å²) in [5.74, 6) is -2.19. The van der Waals surface area contributed by atoms with Crippen LogP contribution in [0, 0.1) is 11.6 Å². The predicted octanol–water partition coefficient (Wildman–Crippen LogP) is 4.94. The van der Waals surface area contributed by atoms with Crippen LogP contribution in [0.15, 0.2) is 47.3 Å². The van der Waals surface area contributed by atoms with E-state index in [-0.39, 0.29) is 16.1 Å². The van der Waals surface area contributed by atoms with E-state index in [9.17, 15) is 18.4 Å². The van der Waals surface area contributed by atoms with Crippen molar-refractivity contribution in [2.75, 3.05) is 5.32 Å². The van der Waals surface area contributed by atoms with Gasteiger partial charge in [-0.15, -0.1) is 11.3 Å². The number of carbonyl (C=O) groups is 1. The number of pyridine rings is 1. The van der Waals surface area contributed by atoms with Crippen LogP contribution in [0.5, 0.6) is 0 Å². The molecule has 27 heavy (non-hydrogen) atoms. The normalized spacial score (nSPS) is 11.3. The summed E-state index contributed by atoms with van der Waals surface area (Å²) in [5.41, 5.74) is 0.254. The molecule has 2 aromatic carbocycles. The first-order valence-corrected chi connectivity index (χ1v) is 9.03. The number of aromatic nitrogens is 1. The van der Waals surface area contributed by atoms with Crippen LogP contribution in [0.3, 0.4) is 0 Å². The quantitative estimate of drug-likeness (QED) is 0.514. The number of thiophene rings is 1. The lowest BCUT2D eigenvalue weighted by molar-refractivity contribution is 0.103. The second kappa shape index (κ2) is 6.44. The van der Waals surface area contributed by atoms with Gasteiger partial charge in [0, 0.05) is 28.2 Å². The minimum Gasteiger partial charge on any atom is -0.319 e. The molecule has 0 saturated carbocycles. The third-order valence-electron chi connectivity index (χ3n) is 4.24. The van der Waals surface area contributed by atoms with Crippen LogP contribution in [0.25, 0.3) is 21.0 Å². The van der Waals surface area contributed by atoms with Crippen molar-refractivity contribution in [3.05, 3.63) is 74.4 Å². The zero-order valence-electron chi connectivity index (χ0n) is 13.8. The number of hydrogen-bond donors (Lipinski definition) is 1. The summed E-state index contributed by atoms with van der Waals surface area (Å²) >= 11 is 7.15. The molecule has 0 bridgehead atoms. The van der Waals surface area contributed by atoms with E-state index < -0.39 is 17.5 Å². The highest BCUT2D eigenvalue weighted by molar-refractivity contribution is 7.21. The van der Waals surface area contributed by atoms with E-state index in [4.69, 9.17) is 11.6 Å². The fraction of sp³-hybridized carbons (Fsp3) is 0.0526. The van der Waals surface area contributed by atoms with Crippen LogP contribution in [0.4, 0.5) is 14.5 Å². The molecule has 136 valence electrons. The Hall–Kier alpha value is -2.77. The average molecular weight is 405 g/mol. The zero-order chi connectivity index (χ0) is 19.3. The molecule has 0 aliphatic heterocycles. The number of anilines is 1. The zero-order valence-corrected chi connectivity index (χ0v) is 15.4. The molecular weight excluding hydrogens is 394 g/mol. The first kappa shape index (κ1) is 17.6. The Balaban J connectivity index is 1.83. The van der Waals surface area contributed by atoms with Gasteiger partial charge in [0.25, 0.3) is 11.5 Å². The van der Waals surface area contributed by atoms with Crippen molar-refractivity contribution in [1.82, 2.24) is 4.57 Å². The second-order valence-corrected chi connectivity index (χ2v) is 7.45. The van der Waals surface area contributed by atoms with Gasteiger partial charge < -0.3 is 9.88 Å². The highest BCUT2D eigenvalue weighted by atomic mass is 35.5. The third kappa shape index (κ3) is 2.98. The number of benzene rings is 2. The summed E-state index contributed by atoms with van der Waals surface area (Å²) in [6.07, 6.45) is 0. The summed E-state index contributed by atoms with van der Waals surface area (Å²) < 4.78 is 28.9. The van der Waals surface area contributed by atoms with E-state index in [0.29, 0.717) is 26.7 Å². The maximum absolute atomic E-state index is 13.8. The van der Waals surface area contributed by atoms with Crippen LogP contribution < -0.4 is 10.9 Å². The first-order valence-electron chi connectivity index (χ1n) is 7.83. The van der Waals surface area contributed by atoms with Crippen molar-refractivity contribution in [2.45, 2.75) is 0 Å². The van der Waals surface area contributed by atoms with Gasteiger partial charge in [0.1, 0.15) is 11.6 Å². The molecule has 0 aliphatic rings. The number of halogens is 3. The Morgan fingerprint density at radius 2 is 1.89 bits per heavy atom. The Bertz CT molecular complexity index is 1300. The molecule has 4 nitrogen and oxygen atoms in total. The van der Waals surface area contributed by atoms with E-state index in [2.05, 4.69) is 5.32 Å². The van der Waals surface area contributed by atoms with E-state index in [1.165, 1.54) is 10.6 Å². The molecule has 0 unspecified atom stereocenters. The molecule has 0 spiro atoms. The van der Waals surface area contributed by atoms with Gasteiger partial charge in [0.15, 0.2) is 0 Å². The smallest absolute Gasteiger partial charge is 0.265 e. The summed E-state index contributed by atoms with van der Waals surface area (Å²) in [5, 5.41) is 4.08. The minimum absolute atomic E-state index is 0.136. The largest absolute Gasteiger partial charge is 0.319 e. The number of nitrogens with zero attached hydrogens (tertiary/aromatic N) is 1. The summed E-state index contributed by atoms with van der Waals surface area (Å²) in [7, 11) is 1.63. The molecule has 0 aliphatic carbocycles. The lowest BCUT2D eigenvalue weighted by Gasteiger charge is -2.06. The average Bonchev–Trinajstić information content (AvgIpc) is 3.07. The van der Waals surface area contributed by atoms with Crippen LogP contribution in [-0.2, 0) is 7.05 Å². The van der Waals surface area contributed by atoms with Gasteiger partial charge in [-0.3, -0.25) is 9.59 Å². The molecule has 4 aromatic rings. The molecule has 2 heterocycles. The van der Waals surface area contributed by atoms with Crippen molar-refractivity contribution in [1.29, 1.82) is 0 Å². The second-order valence-electron chi connectivity index (χ2n) is 5.96. The molecule has 0 atom stereocenters. The maximum atomic E-state index is 13.8. The Kier molecular flexibility index (Phi) is 4.20. The first-order chi connectivity index (χ1) is 12.8. The number of carbonyl (C=O) groups excluding carboxylic acids is 1. The molecule has 8 heteroatoms. The van der Waals surface area contributed by atoms with E-state index in [0.717, 1.165) is 28.9 Å². The number of aryl methyl sites for hydroxylation is 1. The van der Waals surface area contributed by atoms with E-state index in [1.54, 1.807) is 25.2 Å². The van der Waals surface area contributed by atoms with Gasteiger partial charge in [-0.1, -0.05) is 11.6 Å². The van der Waals surface area contributed by atoms with E-state index >= 15 is 0 Å². The fourth-order valence-corrected chi connectivity index (χ4v) is 4.15. The van der Waals surface area contributed by atoms with Gasteiger partial charge in [0.2, 0.25) is 0 Å². The third-order valence-corrected chi connectivity index (χ3v) is 5.64. The molecule has 0 saturated heterocycles. The Morgan fingerprint density at radius 3 is 2.63 bits per heavy atom. The van der Waals surface area contributed by atoms with Crippen molar-refractivity contribution in [3.63, 3.8) is 0 Å². The molecule has 4 rings (SSSR count). The molecule has 1 N–H and O–H groups in total. The molecular formula is C19H11ClF2N2O2S. The monoisotopic (exact) mass is 404 g/mol. The van der Waals surface area contributed by atoms with Crippen molar-refractivity contribution >= 4 is 55.5 Å². The number of hydrogen-bond acceptors (Lipinski definition) is 3. The highest BCUT2D eigenvalue weighted by Gasteiger charge is 2.17. The van der Waals surface area contributed by atoms with Crippen molar-refractivity contribution in [3.8, 4) is 0 Å². The van der Waals surface area contributed by atoms with Crippen LogP contribution in [0.1, 0.15) is 9.67 Å². The number of nitrogens with one attached hydrogen (secondary N) is 1. The number of fused-ring (bicyclic) bond motifs is 3. The number of amides is 1. The lowest BCUT2D eigenvalue weighted by Crippen LogP contribution is -2.16.